The van der Waals surface area contributed by atoms with Crippen LogP contribution >= 0.6 is 0 Å². The number of ether oxygens (including phenoxy) is 1. The zero-order chi connectivity index (χ0) is 19.9. The first kappa shape index (κ1) is 20.0. The number of rotatable bonds is 3. The second-order valence-electron chi connectivity index (χ2n) is 5.16. The first-order chi connectivity index (χ1) is 12.8. The third kappa shape index (κ3) is 5.58. The molecule has 0 aliphatic rings. The Balaban J connectivity index is 0.000000465. The van der Waals surface area contributed by atoms with Gasteiger partial charge in [0.05, 0.1) is 12.7 Å². The van der Waals surface area contributed by atoms with Gasteiger partial charge in [0.15, 0.2) is 4.98 Å². The predicted octanol–water partition coefficient (Wildman–Crippen LogP) is 3.91. The maximum atomic E-state index is 9.48. The number of diazo groups is 1. The quantitative estimate of drug-likeness (QED) is 0.411. The molecule has 3 rings (SSSR count). The highest BCUT2D eigenvalue weighted by Crippen LogP contribution is 2.43. The van der Waals surface area contributed by atoms with Crippen LogP contribution < -0.4 is 4.74 Å². The van der Waals surface area contributed by atoms with Crippen molar-refractivity contribution in [1.29, 1.82) is 5.39 Å². The van der Waals surface area contributed by atoms with Crippen molar-refractivity contribution in [3.05, 3.63) is 71.8 Å². The molecule has 3 aromatic rings. The SMILES string of the molecule is COc1c(-c2ccccc2)ncc(-c2ccccc2)c1[N+]#N.O=S(=O)([O-])O. The lowest BCUT2D eigenvalue weighted by atomic mass is 10.0. The van der Waals surface area contributed by atoms with Crippen LogP contribution in [0, 0.1) is 5.39 Å². The van der Waals surface area contributed by atoms with Crippen molar-refractivity contribution in [1.82, 2.24) is 4.98 Å². The molecule has 0 spiro atoms. The molecule has 27 heavy (non-hydrogen) atoms. The Labute approximate surface area is 156 Å². The molecular formula is C18H15N3O5S. The van der Waals surface area contributed by atoms with Crippen LogP contribution in [0.5, 0.6) is 5.75 Å². The summed E-state index contributed by atoms with van der Waals surface area (Å²) in [6.45, 7) is 0. The highest BCUT2D eigenvalue weighted by molar-refractivity contribution is 7.79. The lowest BCUT2D eigenvalue weighted by Crippen LogP contribution is -1.93. The minimum absolute atomic E-state index is 0.377. The molecule has 8 nitrogen and oxygen atoms in total. The minimum atomic E-state index is -4.92. The van der Waals surface area contributed by atoms with E-state index in [1.54, 1.807) is 13.3 Å². The lowest BCUT2D eigenvalue weighted by molar-refractivity contribution is 0.366. The van der Waals surface area contributed by atoms with E-state index in [4.69, 9.17) is 22.3 Å². The Hall–Kier alpha value is -3.32. The second-order valence-corrected chi connectivity index (χ2v) is 6.02. The molecule has 2 aromatic carbocycles. The first-order valence-corrected chi connectivity index (χ1v) is 8.93. The second kappa shape index (κ2) is 8.86. The van der Waals surface area contributed by atoms with Gasteiger partial charge in [-0.05, 0) is 5.56 Å². The van der Waals surface area contributed by atoms with Crippen LogP contribution in [0.25, 0.3) is 27.4 Å². The van der Waals surface area contributed by atoms with Crippen LogP contribution in [0.1, 0.15) is 0 Å². The highest BCUT2D eigenvalue weighted by atomic mass is 32.3. The van der Waals surface area contributed by atoms with Crippen molar-refractivity contribution >= 4 is 16.1 Å². The molecule has 0 saturated heterocycles. The van der Waals surface area contributed by atoms with Crippen molar-refractivity contribution in [2.75, 3.05) is 7.11 Å². The van der Waals surface area contributed by atoms with E-state index in [9.17, 15) is 5.39 Å². The fraction of sp³-hybridized carbons (Fsp3) is 0.0556. The van der Waals surface area contributed by atoms with E-state index in [1.807, 2.05) is 60.7 Å². The van der Waals surface area contributed by atoms with Gasteiger partial charge in [0.25, 0.3) is 0 Å². The van der Waals surface area contributed by atoms with E-state index < -0.39 is 10.4 Å². The minimum Gasteiger partial charge on any atom is -0.726 e. The predicted molar refractivity (Wildman–Crippen MR) is 98.7 cm³/mol. The molecular weight excluding hydrogens is 370 g/mol. The van der Waals surface area contributed by atoms with Crippen molar-refractivity contribution in [3.8, 4) is 28.1 Å². The molecule has 0 amide bonds. The Morgan fingerprint density at radius 1 is 1.04 bits per heavy atom. The van der Waals surface area contributed by atoms with Gasteiger partial charge in [-0.2, -0.15) is 0 Å². The Morgan fingerprint density at radius 3 is 1.96 bits per heavy atom. The van der Waals surface area contributed by atoms with Gasteiger partial charge in [-0.1, -0.05) is 60.7 Å². The average molecular weight is 385 g/mol. The molecule has 0 unspecified atom stereocenters. The smallest absolute Gasteiger partial charge is 0.437 e. The maximum Gasteiger partial charge on any atom is 0.437 e. The largest absolute Gasteiger partial charge is 0.726 e. The van der Waals surface area contributed by atoms with Crippen molar-refractivity contribution in [3.63, 3.8) is 0 Å². The third-order valence-electron chi connectivity index (χ3n) is 3.44. The molecule has 0 bridgehead atoms. The van der Waals surface area contributed by atoms with E-state index in [2.05, 4.69) is 9.96 Å². The zero-order valence-corrected chi connectivity index (χ0v) is 15.0. The summed E-state index contributed by atoms with van der Waals surface area (Å²) in [7, 11) is -3.37. The van der Waals surface area contributed by atoms with Crippen molar-refractivity contribution in [2.45, 2.75) is 0 Å². The highest BCUT2D eigenvalue weighted by Gasteiger charge is 2.27. The van der Waals surface area contributed by atoms with Crippen LogP contribution in [-0.2, 0) is 10.4 Å². The summed E-state index contributed by atoms with van der Waals surface area (Å²) in [6.07, 6.45) is 1.70. The van der Waals surface area contributed by atoms with E-state index in [0.29, 0.717) is 17.1 Å². The topological polar surface area (TPSA) is 128 Å². The van der Waals surface area contributed by atoms with Crippen molar-refractivity contribution < 1.29 is 22.3 Å². The van der Waals surface area contributed by atoms with Gasteiger partial charge in [-0.25, -0.2) is 8.42 Å². The molecule has 0 aliphatic carbocycles. The Morgan fingerprint density at radius 2 is 1.52 bits per heavy atom. The van der Waals surface area contributed by atoms with E-state index in [0.717, 1.165) is 16.7 Å². The van der Waals surface area contributed by atoms with Crippen LogP contribution in [0.2, 0.25) is 0 Å². The van der Waals surface area contributed by atoms with Crippen molar-refractivity contribution in [2.24, 2.45) is 0 Å². The van der Waals surface area contributed by atoms with E-state index in [-0.39, 0.29) is 0 Å². The fourth-order valence-electron chi connectivity index (χ4n) is 2.41. The Bertz CT molecular complexity index is 1040. The molecule has 9 heteroatoms. The summed E-state index contributed by atoms with van der Waals surface area (Å²) in [5, 5.41) is 9.48. The molecule has 0 fully saturated rings. The molecule has 0 radical (unpaired) electrons. The van der Waals surface area contributed by atoms with Gasteiger partial charge in [-0.3, -0.25) is 9.54 Å². The number of aromatic nitrogens is 1. The van der Waals surface area contributed by atoms with Crippen LogP contribution in [-0.4, -0.2) is 29.6 Å². The van der Waals surface area contributed by atoms with Gasteiger partial charge in [-0.15, -0.1) is 0 Å². The van der Waals surface area contributed by atoms with E-state index in [1.165, 1.54) is 0 Å². The standard InChI is InChI=1S/C18H14N3O.H2O4S/c1-22-18-16(14-10-6-3-7-11-14)20-12-15(17(18)21-19)13-8-4-2-5-9-13;1-5(2,3)4/h2-12H,1H3;(H2,1,2,3,4)/q+1;/p-1. The number of nitrogens with zero attached hydrogens (tertiary/aromatic N) is 3. The van der Waals surface area contributed by atoms with Gasteiger partial charge >= 0.3 is 5.69 Å². The Kier molecular flexibility index (Phi) is 6.56. The average Bonchev–Trinajstić information content (AvgIpc) is 2.66. The maximum absolute atomic E-state index is 9.48. The van der Waals surface area contributed by atoms with Gasteiger partial charge in [0.2, 0.25) is 21.5 Å². The number of methoxy groups -OCH3 is 1. The van der Waals surface area contributed by atoms with Crippen LogP contribution in [0.4, 0.5) is 5.69 Å². The monoisotopic (exact) mass is 385 g/mol. The molecule has 138 valence electrons. The molecule has 0 atom stereocenters. The van der Waals surface area contributed by atoms with Gasteiger partial charge in [0, 0.05) is 11.8 Å². The number of hydrogen-bond donors (Lipinski definition) is 1. The van der Waals surface area contributed by atoms with Crippen LogP contribution in [0.15, 0.2) is 66.9 Å². The van der Waals surface area contributed by atoms with E-state index >= 15 is 0 Å². The summed E-state index contributed by atoms with van der Waals surface area (Å²) < 4.78 is 38.3. The summed E-state index contributed by atoms with van der Waals surface area (Å²) in [4.78, 5) is 7.95. The number of hydrogen-bond acceptors (Lipinski definition) is 6. The first-order valence-electron chi connectivity index (χ1n) is 7.56. The van der Waals surface area contributed by atoms with Gasteiger partial charge < -0.3 is 9.29 Å². The fourth-order valence-corrected chi connectivity index (χ4v) is 2.41. The molecule has 0 saturated carbocycles. The number of pyridine rings is 1. The normalized spacial score (nSPS) is 10.3. The summed E-state index contributed by atoms with van der Waals surface area (Å²) in [6, 6.07) is 19.3. The van der Waals surface area contributed by atoms with Gasteiger partial charge in [0.1, 0.15) is 5.69 Å². The molecule has 1 N–H and O–H groups in total. The van der Waals surface area contributed by atoms with Crippen LogP contribution in [0.3, 0.4) is 0 Å². The molecule has 0 aliphatic heterocycles. The molecule has 1 heterocycles. The lowest BCUT2D eigenvalue weighted by Gasteiger charge is -2.07. The summed E-state index contributed by atoms with van der Waals surface area (Å²) >= 11 is 0. The number of benzene rings is 2. The summed E-state index contributed by atoms with van der Waals surface area (Å²) in [5.74, 6) is 0.454. The zero-order valence-electron chi connectivity index (χ0n) is 14.2. The molecule has 1 aromatic heterocycles. The third-order valence-corrected chi connectivity index (χ3v) is 3.44. The summed E-state index contributed by atoms with van der Waals surface area (Å²) in [5.41, 5.74) is 3.57.